The van der Waals surface area contributed by atoms with Crippen LogP contribution in [0.5, 0.6) is 0 Å². The Balaban J connectivity index is 2.42. The normalized spacial score (nSPS) is 11.6. The first-order valence-corrected chi connectivity index (χ1v) is 9.39. The number of nitrogens with one attached hydrogen (secondary N) is 1. The van der Waals surface area contributed by atoms with E-state index in [1.165, 1.54) is 15.6 Å². The molecule has 0 aliphatic heterocycles. The third-order valence-corrected chi connectivity index (χ3v) is 7.10. The lowest BCUT2D eigenvalue weighted by atomic mass is 10.2. The molecule has 0 aliphatic rings. The van der Waals surface area contributed by atoms with E-state index in [0.717, 1.165) is 10.4 Å². The van der Waals surface area contributed by atoms with E-state index in [9.17, 15) is 8.42 Å². The average Bonchev–Trinajstić information content (AvgIpc) is 2.80. The van der Waals surface area contributed by atoms with E-state index >= 15 is 0 Å². The maximum Gasteiger partial charge on any atom is 0.266 e. The molecule has 114 valence electrons. The standard InChI is InChI=1S/C14H17BrN2O2S2/c1-10-5-4-6-11(7-10)17(3)21(18,19)13-8-12(9-16-2)20-14(13)15/h4-8,16H,9H2,1-3H3. The summed E-state index contributed by atoms with van der Waals surface area (Å²) < 4.78 is 27.5. The Morgan fingerprint density at radius 2 is 2.05 bits per heavy atom. The number of thiophene rings is 1. The predicted octanol–water partition coefficient (Wildman–Crippen LogP) is 3.36. The molecular weight excluding hydrogens is 372 g/mol. The Bertz CT molecular complexity index is 741. The molecule has 0 fully saturated rings. The van der Waals surface area contributed by atoms with Crippen LogP contribution in [0.4, 0.5) is 5.69 Å². The maximum absolute atomic E-state index is 12.8. The summed E-state index contributed by atoms with van der Waals surface area (Å²) >= 11 is 4.79. The summed E-state index contributed by atoms with van der Waals surface area (Å²) in [5, 5.41) is 3.03. The summed E-state index contributed by atoms with van der Waals surface area (Å²) in [6.45, 7) is 2.59. The van der Waals surface area contributed by atoms with E-state index < -0.39 is 10.0 Å². The summed E-state index contributed by atoms with van der Waals surface area (Å²) in [5.41, 5.74) is 1.68. The van der Waals surface area contributed by atoms with Crippen LogP contribution >= 0.6 is 27.3 Å². The minimum atomic E-state index is -3.57. The number of hydrogen-bond donors (Lipinski definition) is 1. The number of sulfonamides is 1. The zero-order valence-electron chi connectivity index (χ0n) is 12.1. The molecule has 0 saturated carbocycles. The average molecular weight is 389 g/mol. The Hall–Kier alpha value is -0.890. The molecule has 7 heteroatoms. The Morgan fingerprint density at radius 1 is 1.33 bits per heavy atom. The highest BCUT2D eigenvalue weighted by atomic mass is 79.9. The van der Waals surface area contributed by atoms with Crippen LogP contribution in [0.3, 0.4) is 0 Å². The minimum absolute atomic E-state index is 0.307. The highest BCUT2D eigenvalue weighted by Crippen LogP contribution is 2.34. The molecule has 1 aromatic heterocycles. The van der Waals surface area contributed by atoms with E-state index in [4.69, 9.17) is 0 Å². The lowest BCUT2D eigenvalue weighted by molar-refractivity contribution is 0.594. The van der Waals surface area contributed by atoms with Crippen LogP contribution in [0.2, 0.25) is 0 Å². The van der Waals surface area contributed by atoms with Gasteiger partial charge in [0.1, 0.15) is 4.90 Å². The van der Waals surface area contributed by atoms with Gasteiger partial charge in [0, 0.05) is 18.5 Å². The third-order valence-electron chi connectivity index (χ3n) is 3.06. The van der Waals surface area contributed by atoms with Crippen molar-refractivity contribution in [2.45, 2.75) is 18.4 Å². The molecule has 0 bridgehead atoms. The highest BCUT2D eigenvalue weighted by molar-refractivity contribution is 9.11. The number of aryl methyl sites for hydroxylation is 1. The van der Waals surface area contributed by atoms with E-state index in [0.29, 0.717) is 20.9 Å². The first kappa shape index (κ1) is 16.5. The van der Waals surface area contributed by atoms with Crippen molar-refractivity contribution in [3.8, 4) is 0 Å². The quantitative estimate of drug-likeness (QED) is 0.853. The monoisotopic (exact) mass is 388 g/mol. The van der Waals surface area contributed by atoms with Gasteiger partial charge in [-0.1, -0.05) is 12.1 Å². The van der Waals surface area contributed by atoms with Crippen molar-refractivity contribution in [1.29, 1.82) is 0 Å². The Morgan fingerprint density at radius 3 is 2.67 bits per heavy atom. The van der Waals surface area contributed by atoms with Gasteiger partial charge in [0.05, 0.1) is 9.47 Å². The van der Waals surface area contributed by atoms with Gasteiger partial charge in [-0.25, -0.2) is 8.42 Å². The highest BCUT2D eigenvalue weighted by Gasteiger charge is 2.26. The van der Waals surface area contributed by atoms with Crippen molar-refractivity contribution in [2.24, 2.45) is 0 Å². The number of rotatable bonds is 5. The van der Waals surface area contributed by atoms with Crippen LogP contribution in [-0.2, 0) is 16.6 Å². The first-order valence-electron chi connectivity index (χ1n) is 6.34. The molecule has 0 aliphatic carbocycles. The van der Waals surface area contributed by atoms with Crippen molar-refractivity contribution < 1.29 is 8.42 Å². The van der Waals surface area contributed by atoms with Gasteiger partial charge >= 0.3 is 0 Å². The summed E-state index contributed by atoms with van der Waals surface area (Å²) in [6, 6.07) is 9.15. The minimum Gasteiger partial charge on any atom is -0.315 e. The number of nitrogens with zero attached hydrogens (tertiary/aromatic N) is 1. The van der Waals surface area contributed by atoms with Gasteiger partial charge in [-0.2, -0.15) is 0 Å². The van der Waals surface area contributed by atoms with Crippen LogP contribution in [0.1, 0.15) is 10.4 Å². The third kappa shape index (κ3) is 3.48. The molecule has 0 unspecified atom stereocenters. The van der Waals surface area contributed by atoms with E-state index in [-0.39, 0.29) is 0 Å². The molecule has 21 heavy (non-hydrogen) atoms. The van der Waals surface area contributed by atoms with E-state index in [1.807, 2.05) is 32.2 Å². The molecule has 4 nitrogen and oxygen atoms in total. The van der Waals surface area contributed by atoms with Gasteiger partial charge in [0.15, 0.2) is 0 Å². The lowest BCUT2D eigenvalue weighted by Gasteiger charge is -2.19. The SMILES string of the molecule is CNCc1cc(S(=O)(=O)N(C)c2cccc(C)c2)c(Br)s1. The van der Waals surface area contributed by atoms with Crippen LogP contribution in [0.25, 0.3) is 0 Å². The molecule has 0 spiro atoms. The largest absolute Gasteiger partial charge is 0.315 e. The van der Waals surface area contributed by atoms with Crippen LogP contribution in [0.15, 0.2) is 39.0 Å². The molecule has 1 aromatic carbocycles. The fourth-order valence-electron chi connectivity index (χ4n) is 1.95. The molecule has 0 radical (unpaired) electrons. The maximum atomic E-state index is 12.8. The van der Waals surface area contributed by atoms with Crippen LogP contribution in [0, 0.1) is 6.92 Å². The predicted molar refractivity (Wildman–Crippen MR) is 91.6 cm³/mol. The van der Waals surface area contributed by atoms with Gasteiger partial charge in [0.25, 0.3) is 10.0 Å². The fourth-order valence-corrected chi connectivity index (χ4v) is 5.78. The molecule has 1 N–H and O–H groups in total. The number of halogens is 1. The Labute approximate surface area is 138 Å². The first-order chi connectivity index (χ1) is 9.86. The van der Waals surface area contributed by atoms with Gasteiger partial charge in [0.2, 0.25) is 0 Å². The second-order valence-corrected chi connectivity index (χ2v) is 9.08. The van der Waals surface area contributed by atoms with Gasteiger partial charge in [-0.15, -0.1) is 11.3 Å². The van der Waals surface area contributed by atoms with Gasteiger partial charge in [-0.3, -0.25) is 4.31 Å². The van der Waals surface area contributed by atoms with Crippen molar-refractivity contribution in [3.05, 3.63) is 44.6 Å². The van der Waals surface area contributed by atoms with Crippen molar-refractivity contribution >= 4 is 43.0 Å². The summed E-state index contributed by atoms with van der Waals surface area (Å²) in [4.78, 5) is 1.28. The fraction of sp³-hybridized carbons (Fsp3) is 0.286. The summed E-state index contributed by atoms with van der Waals surface area (Å²) in [6.07, 6.45) is 0. The van der Waals surface area contributed by atoms with Crippen molar-refractivity contribution in [3.63, 3.8) is 0 Å². The molecule has 0 amide bonds. The molecule has 2 rings (SSSR count). The van der Waals surface area contributed by atoms with E-state index in [1.54, 1.807) is 19.2 Å². The van der Waals surface area contributed by atoms with E-state index in [2.05, 4.69) is 21.2 Å². The molecule has 0 atom stereocenters. The molecular formula is C14H17BrN2O2S2. The second-order valence-electron chi connectivity index (χ2n) is 4.69. The topological polar surface area (TPSA) is 49.4 Å². The van der Waals surface area contributed by atoms with Crippen LogP contribution in [-0.4, -0.2) is 22.5 Å². The van der Waals surface area contributed by atoms with Crippen molar-refractivity contribution in [2.75, 3.05) is 18.4 Å². The second kappa shape index (κ2) is 6.48. The van der Waals surface area contributed by atoms with Crippen LogP contribution < -0.4 is 9.62 Å². The Kier molecular flexibility index (Phi) is 5.08. The zero-order valence-corrected chi connectivity index (χ0v) is 15.3. The van der Waals surface area contributed by atoms with Gasteiger partial charge in [-0.05, 0) is 53.7 Å². The molecule has 1 heterocycles. The molecule has 0 saturated heterocycles. The number of benzene rings is 1. The number of hydrogen-bond acceptors (Lipinski definition) is 4. The smallest absolute Gasteiger partial charge is 0.266 e. The van der Waals surface area contributed by atoms with Gasteiger partial charge < -0.3 is 5.32 Å². The summed E-state index contributed by atoms with van der Waals surface area (Å²) in [5.74, 6) is 0. The zero-order chi connectivity index (χ0) is 15.6. The molecule has 2 aromatic rings. The van der Waals surface area contributed by atoms with Crippen molar-refractivity contribution in [1.82, 2.24) is 5.32 Å². The number of anilines is 1. The summed E-state index contributed by atoms with van der Waals surface area (Å²) in [7, 11) is -0.158. The lowest BCUT2D eigenvalue weighted by Crippen LogP contribution is -2.26.